The number of hydrogen-bond donors (Lipinski definition) is 0. The number of aryl methyl sites for hydroxylation is 1. The summed E-state index contributed by atoms with van der Waals surface area (Å²) in [5.74, 6) is 0. The van der Waals surface area contributed by atoms with Gasteiger partial charge in [0.1, 0.15) is 12.2 Å². The van der Waals surface area contributed by atoms with Crippen molar-refractivity contribution < 1.29 is 18.9 Å². The number of rotatable bonds is 21. The molecular weight excluding hydrogens is 450 g/mol. The van der Waals surface area contributed by atoms with Crippen LogP contribution in [-0.4, -0.2) is 75.4 Å². The molecule has 1 aromatic carbocycles. The van der Waals surface area contributed by atoms with E-state index in [2.05, 4.69) is 62.9 Å². The van der Waals surface area contributed by atoms with Crippen molar-refractivity contribution >= 4 is 0 Å². The topological polar surface area (TPSA) is 40.2 Å². The van der Waals surface area contributed by atoms with Crippen molar-refractivity contribution in [1.82, 2.24) is 4.90 Å². The Bertz CT molecular complexity index is 628. The molecule has 1 aliphatic heterocycles. The molecule has 5 heteroatoms. The highest BCUT2D eigenvalue weighted by Crippen LogP contribution is 2.28. The highest BCUT2D eigenvalue weighted by atomic mass is 16.6. The molecule has 4 atom stereocenters. The lowest BCUT2D eigenvalue weighted by molar-refractivity contribution is -0.201. The van der Waals surface area contributed by atoms with Gasteiger partial charge in [-0.3, -0.25) is 4.90 Å². The normalized spacial score (nSPS) is 22.8. The molecule has 36 heavy (non-hydrogen) atoms. The van der Waals surface area contributed by atoms with Gasteiger partial charge in [-0.05, 0) is 50.6 Å². The molecule has 1 fully saturated rings. The van der Waals surface area contributed by atoms with Crippen LogP contribution in [0.15, 0.2) is 30.3 Å². The van der Waals surface area contributed by atoms with Crippen molar-refractivity contribution in [3.63, 3.8) is 0 Å². The van der Waals surface area contributed by atoms with E-state index < -0.39 is 0 Å². The third kappa shape index (κ3) is 11.6. The maximum Gasteiger partial charge on any atom is 0.113 e. The summed E-state index contributed by atoms with van der Waals surface area (Å²) < 4.78 is 25.9. The Hall–Kier alpha value is -0.980. The van der Waals surface area contributed by atoms with E-state index in [1.165, 1.54) is 5.56 Å². The molecule has 5 nitrogen and oxygen atoms in total. The van der Waals surface area contributed by atoms with Crippen molar-refractivity contribution in [3.8, 4) is 0 Å². The Kier molecular flexibility index (Phi) is 17.4. The molecule has 1 aromatic rings. The summed E-state index contributed by atoms with van der Waals surface area (Å²) in [7, 11) is 0. The van der Waals surface area contributed by atoms with Gasteiger partial charge in [-0.2, -0.15) is 0 Å². The van der Waals surface area contributed by atoms with Crippen LogP contribution in [0.3, 0.4) is 0 Å². The molecule has 1 heterocycles. The van der Waals surface area contributed by atoms with E-state index in [0.29, 0.717) is 6.61 Å². The fraction of sp³-hybridized carbons (Fsp3) is 0.806. The fourth-order valence-electron chi connectivity index (χ4n) is 4.81. The van der Waals surface area contributed by atoms with E-state index in [0.717, 1.165) is 104 Å². The second-order valence-corrected chi connectivity index (χ2v) is 10.2. The van der Waals surface area contributed by atoms with E-state index in [4.69, 9.17) is 18.9 Å². The molecule has 1 saturated heterocycles. The van der Waals surface area contributed by atoms with E-state index in [-0.39, 0.29) is 24.4 Å². The average molecular weight is 506 g/mol. The lowest BCUT2D eigenvalue weighted by Gasteiger charge is -2.48. The quantitative estimate of drug-likeness (QED) is 0.174. The minimum absolute atomic E-state index is 0.0312. The monoisotopic (exact) mass is 505 g/mol. The van der Waals surface area contributed by atoms with Gasteiger partial charge in [0.25, 0.3) is 0 Å². The summed E-state index contributed by atoms with van der Waals surface area (Å²) in [6.45, 7) is 14.6. The SMILES string of the molecule is CCCCOCC1C(OCCCC)C(OCCCC)C(OCCCC)CN1CCCc1ccccc1. The van der Waals surface area contributed by atoms with Crippen LogP contribution >= 0.6 is 0 Å². The first kappa shape index (κ1) is 31.2. The Labute approximate surface area is 222 Å². The molecule has 0 saturated carbocycles. The Morgan fingerprint density at radius 1 is 0.694 bits per heavy atom. The summed E-state index contributed by atoms with van der Waals surface area (Å²) in [5.41, 5.74) is 1.40. The Morgan fingerprint density at radius 2 is 1.28 bits per heavy atom. The number of ether oxygens (including phenoxy) is 4. The minimum atomic E-state index is -0.0459. The average Bonchev–Trinajstić information content (AvgIpc) is 2.90. The lowest BCUT2D eigenvalue weighted by Crippen LogP contribution is -2.65. The number of piperidine rings is 1. The molecule has 0 aliphatic carbocycles. The summed E-state index contributed by atoms with van der Waals surface area (Å²) >= 11 is 0. The van der Waals surface area contributed by atoms with Gasteiger partial charge in [0, 0.05) is 33.0 Å². The van der Waals surface area contributed by atoms with Gasteiger partial charge < -0.3 is 18.9 Å². The maximum absolute atomic E-state index is 6.64. The first-order valence-corrected chi connectivity index (χ1v) is 15.0. The molecule has 208 valence electrons. The summed E-state index contributed by atoms with van der Waals surface area (Å²) in [6, 6.07) is 11.0. The van der Waals surface area contributed by atoms with Gasteiger partial charge in [-0.25, -0.2) is 0 Å². The summed E-state index contributed by atoms with van der Waals surface area (Å²) in [6.07, 6.45) is 11.0. The van der Waals surface area contributed by atoms with Gasteiger partial charge in [-0.1, -0.05) is 83.7 Å². The van der Waals surface area contributed by atoms with Crippen molar-refractivity contribution in [2.45, 2.75) is 116 Å². The lowest BCUT2D eigenvalue weighted by atomic mass is 9.92. The van der Waals surface area contributed by atoms with Gasteiger partial charge >= 0.3 is 0 Å². The van der Waals surface area contributed by atoms with E-state index in [1.807, 2.05) is 0 Å². The molecule has 0 spiro atoms. The van der Waals surface area contributed by atoms with Gasteiger partial charge in [-0.15, -0.1) is 0 Å². The summed E-state index contributed by atoms with van der Waals surface area (Å²) in [5, 5.41) is 0. The first-order chi connectivity index (χ1) is 17.7. The fourth-order valence-corrected chi connectivity index (χ4v) is 4.81. The number of likely N-dealkylation sites (tertiary alicyclic amines) is 1. The second-order valence-electron chi connectivity index (χ2n) is 10.2. The molecule has 4 unspecified atom stereocenters. The van der Waals surface area contributed by atoms with Crippen LogP contribution in [-0.2, 0) is 25.4 Å². The van der Waals surface area contributed by atoms with Crippen LogP contribution in [0.25, 0.3) is 0 Å². The van der Waals surface area contributed by atoms with Crippen LogP contribution in [0.1, 0.15) is 91.0 Å². The van der Waals surface area contributed by atoms with Crippen LogP contribution in [0, 0.1) is 0 Å². The van der Waals surface area contributed by atoms with Gasteiger partial charge in [0.05, 0.1) is 18.8 Å². The molecule has 0 amide bonds. The first-order valence-electron chi connectivity index (χ1n) is 15.0. The highest BCUT2D eigenvalue weighted by Gasteiger charge is 2.45. The Balaban J connectivity index is 2.19. The number of unbranched alkanes of at least 4 members (excludes halogenated alkanes) is 4. The maximum atomic E-state index is 6.64. The number of hydrogen-bond acceptors (Lipinski definition) is 5. The Morgan fingerprint density at radius 3 is 1.92 bits per heavy atom. The van der Waals surface area contributed by atoms with Crippen molar-refractivity contribution in [3.05, 3.63) is 35.9 Å². The predicted molar refractivity (Wildman–Crippen MR) is 150 cm³/mol. The van der Waals surface area contributed by atoms with Crippen LogP contribution in [0.2, 0.25) is 0 Å². The number of nitrogens with zero attached hydrogens (tertiary/aromatic N) is 1. The van der Waals surface area contributed by atoms with Gasteiger partial charge in [0.15, 0.2) is 0 Å². The van der Waals surface area contributed by atoms with Crippen molar-refractivity contribution in [2.75, 3.05) is 46.1 Å². The van der Waals surface area contributed by atoms with Crippen molar-refractivity contribution in [1.29, 1.82) is 0 Å². The molecule has 0 radical (unpaired) electrons. The summed E-state index contributed by atoms with van der Waals surface area (Å²) in [4.78, 5) is 2.59. The smallest absolute Gasteiger partial charge is 0.113 e. The molecule has 0 bridgehead atoms. The van der Waals surface area contributed by atoms with E-state index in [1.54, 1.807) is 0 Å². The molecule has 0 N–H and O–H groups in total. The molecule has 2 rings (SSSR count). The standard InChI is InChI=1S/C31H55NO4/c1-5-9-21-33-26-28-30(35-23-11-7-3)31(36-24-12-8-4)29(34-22-10-6-2)25-32(28)20-16-19-27-17-14-13-15-18-27/h13-15,17-18,28-31H,5-12,16,19-26H2,1-4H3. The second kappa shape index (κ2) is 20.0. The zero-order valence-electron chi connectivity index (χ0n) is 23.8. The largest absolute Gasteiger partial charge is 0.380 e. The zero-order chi connectivity index (χ0) is 25.8. The van der Waals surface area contributed by atoms with Crippen LogP contribution < -0.4 is 0 Å². The van der Waals surface area contributed by atoms with Crippen molar-refractivity contribution in [2.24, 2.45) is 0 Å². The third-order valence-electron chi connectivity index (χ3n) is 7.08. The van der Waals surface area contributed by atoms with E-state index in [9.17, 15) is 0 Å². The van der Waals surface area contributed by atoms with E-state index >= 15 is 0 Å². The van der Waals surface area contributed by atoms with Crippen LogP contribution in [0.5, 0.6) is 0 Å². The molecule has 1 aliphatic rings. The third-order valence-corrected chi connectivity index (χ3v) is 7.08. The number of benzene rings is 1. The zero-order valence-corrected chi connectivity index (χ0v) is 23.8. The van der Waals surface area contributed by atoms with Crippen LogP contribution in [0.4, 0.5) is 0 Å². The molecular formula is C31H55NO4. The minimum Gasteiger partial charge on any atom is -0.380 e. The van der Waals surface area contributed by atoms with Gasteiger partial charge in [0.2, 0.25) is 0 Å². The predicted octanol–water partition coefficient (Wildman–Crippen LogP) is 6.68. The highest BCUT2D eigenvalue weighted by molar-refractivity contribution is 5.14. The molecule has 0 aromatic heterocycles.